The molecule has 6 nitrogen and oxygen atoms in total. The maximum atomic E-state index is 12.9. The summed E-state index contributed by atoms with van der Waals surface area (Å²) >= 11 is 3.38. The van der Waals surface area contributed by atoms with Crippen LogP contribution in [0.15, 0.2) is 58.7 Å². The molecule has 0 bridgehead atoms. The van der Waals surface area contributed by atoms with E-state index in [9.17, 15) is 19.5 Å². The van der Waals surface area contributed by atoms with Crippen LogP contribution in [0, 0.1) is 6.92 Å². The number of nitrogens with one attached hydrogen (secondary N) is 2. The summed E-state index contributed by atoms with van der Waals surface area (Å²) in [6.07, 6.45) is 3.31. The molecule has 0 aromatic heterocycles. The van der Waals surface area contributed by atoms with E-state index in [1.807, 2.05) is 19.9 Å². The van der Waals surface area contributed by atoms with Gasteiger partial charge in [0.25, 0.3) is 11.8 Å². The van der Waals surface area contributed by atoms with E-state index in [1.165, 1.54) is 6.08 Å². The number of aliphatic carboxylic acids is 1. The first kappa shape index (κ1) is 23.3. The molecule has 2 aromatic carbocycles. The molecule has 0 aliphatic carbocycles. The molecule has 2 amide bonds. The van der Waals surface area contributed by atoms with Crippen molar-refractivity contribution in [3.8, 4) is 0 Å². The van der Waals surface area contributed by atoms with Gasteiger partial charge in [0.05, 0.1) is 0 Å². The highest BCUT2D eigenvalue weighted by atomic mass is 79.9. The van der Waals surface area contributed by atoms with Crippen LogP contribution in [0.25, 0.3) is 6.08 Å². The van der Waals surface area contributed by atoms with E-state index in [0.29, 0.717) is 24.0 Å². The van der Waals surface area contributed by atoms with Gasteiger partial charge in [-0.2, -0.15) is 0 Å². The molecule has 0 aliphatic heterocycles. The third-order valence-electron chi connectivity index (χ3n) is 4.42. The largest absolute Gasteiger partial charge is 0.480 e. The number of carbonyl (C=O) groups is 3. The van der Waals surface area contributed by atoms with Gasteiger partial charge in [-0.25, -0.2) is 4.79 Å². The van der Waals surface area contributed by atoms with E-state index in [0.717, 1.165) is 16.5 Å². The number of unbranched alkanes of at least 4 members (excludes halogenated alkanes) is 1. The Bertz CT molecular complexity index is 938. The molecule has 0 saturated carbocycles. The molecule has 0 aliphatic rings. The van der Waals surface area contributed by atoms with Gasteiger partial charge in [0.1, 0.15) is 11.7 Å². The van der Waals surface area contributed by atoms with Crippen LogP contribution >= 0.6 is 15.9 Å². The number of halogens is 1. The second kappa shape index (κ2) is 11.3. The van der Waals surface area contributed by atoms with Crippen LogP contribution in [-0.2, 0) is 9.59 Å². The summed E-state index contributed by atoms with van der Waals surface area (Å²) < 4.78 is 0.812. The molecule has 3 N–H and O–H groups in total. The highest BCUT2D eigenvalue weighted by Gasteiger charge is 2.22. The van der Waals surface area contributed by atoms with Crippen molar-refractivity contribution in [2.75, 3.05) is 0 Å². The Kier molecular flexibility index (Phi) is 8.80. The molecule has 0 heterocycles. The SMILES string of the molecule is CCCCC(NC(=O)C(=Cc1cccc(Br)c1)NC(=O)c1ccc(C)cc1)C(=O)O. The number of aryl methyl sites for hydroxylation is 1. The monoisotopic (exact) mass is 472 g/mol. The van der Waals surface area contributed by atoms with Crippen LogP contribution in [0.1, 0.15) is 47.7 Å². The van der Waals surface area contributed by atoms with Gasteiger partial charge in [0.2, 0.25) is 0 Å². The number of hydrogen-bond donors (Lipinski definition) is 3. The van der Waals surface area contributed by atoms with Crippen LogP contribution in [-0.4, -0.2) is 28.9 Å². The first-order valence-electron chi connectivity index (χ1n) is 9.69. The second-order valence-electron chi connectivity index (χ2n) is 6.94. The van der Waals surface area contributed by atoms with E-state index < -0.39 is 23.8 Å². The molecule has 30 heavy (non-hydrogen) atoms. The molecule has 7 heteroatoms. The van der Waals surface area contributed by atoms with Crippen molar-refractivity contribution in [2.24, 2.45) is 0 Å². The van der Waals surface area contributed by atoms with Gasteiger partial charge in [-0.15, -0.1) is 0 Å². The van der Waals surface area contributed by atoms with E-state index >= 15 is 0 Å². The fourth-order valence-corrected chi connectivity index (χ4v) is 3.14. The highest BCUT2D eigenvalue weighted by molar-refractivity contribution is 9.10. The molecule has 0 radical (unpaired) electrons. The Labute approximate surface area is 184 Å². The predicted octanol–water partition coefficient (Wildman–Crippen LogP) is 4.29. The Hall–Kier alpha value is -2.93. The van der Waals surface area contributed by atoms with E-state index in [-0.39, 0.29) is 5.70 Å². The minimum atomic E-state index is -1.11. The quantitative estimate of drug-likeness (QED) is 0.474. The molecule has 0 fully saturated rings. The van der Waals surface area contributed by atoms with E-state index in [4.69, 9.17) is 0 Å². The van der Waals surface area contributed by atoms with Crippen molar-refractivity contribution in [1.29, 1.82) is 0 Å². The summed E-state index contributed by atoms with van der Waals surface area (Å²) in [7, 11) is 0. The maximum Gasteiger partial charge on any atom is 0.326 e. The first-order valence-corrected chi connectivity index (χ1v) is 10.5. The third kappa shape index (κ3) is 7.15. The zero-order valence-electron chi connectivity index (χ0n) is 16.9. The van der Waals surface area contributed by atoms with Crippen LogP contribution in [0.3, 0.4) is 0 Å². The van der Waals surface area contributed by atoms with E-state index in [1.54, 1.807) is 42.5 Å². The fraction of sp³-hybridized carbons (Fsp3) is 0.261. The van der Waals surface area contributed by atoms with Gasteiger partial charge in [0.15, 0.2) is 0 Å². The normalized spacial score (nSPS) is 12.2. The van der Waals surface area contributed by atoms with Crippen molar-refractivity contribution in [1.82, 2.24) is 10.6 Å². The van der Waals surface area contributed by atoms with Crippen molar-refractivity contribution in [2.45, 2.75) is 39.2 Å². The molecule has 1 atom stereocenters. The zero-order chi connectivity index (χ0) is 22.1. The standard InChI is InChI=1S/C23H25BrN2O4/c1-3-4-8-19(23(29)30)25-22(28)20(14-16-6-5-7-18(24)13-16)26-21(27)17-11-9-15(2)10-12-17/h5-7,9-14,19H,3-4,8H2,1-2H3,(H,25,28)(H,26,27)(H,29,30). The Morgan fingerprint density at radius 1 is 1.13 bits per heavy atom. The molecule has 2 rings (SSSR count). The summed E-state index contributed by atoms with van der Waals surface area (Å²) in [6, 6.07) is 13.1. The van der Waals surface area contributed by atoms with Gasteiger partial charge in [-0.05, 0) is 49.2 Å². The summed E-state index contributed by atoms with van der Waals surface area (Å²) in [6.45, 7) is 3.86. The minimum absolute atomic E-state index is 0.0265. The number of carbonyl (C=O) groups excluding carboxylic acids is 2. The van der Waals surface area contributed by atoms with Gasteiger partial charge in [-0.3, -0.25) is 9.59 Å². The summed E-state index contributed by atoms with van der Waals surface area (Å²) in [5.74, 6) is -2.21. The van der Waals surface area contributed by atoms with Gasteiger partial charge in [0, 0.05) is 10.0 Å². The van der Waals surface area contributed by atoms with Crippen LogP contribution < -0.4 is 10.6 Å². The topological polar surface area (TPSA) is 95.5 Å². The van der Waals surface area contributed by atoms with Crippen LogP contribution in [0.4, 0.5) is 0 Å². The predicted molar refractivity (Wildman–Crippen MR) is 120 cm³/mol. The molecule has 2 aromatic rings. The molecule has 0 spiro atoms. The molecule has 1 unspecified atom stereocenters. The van der Waals surface area contributed by atoms with Gasteiger partial charge in [-0.1, -0.05) is 65.5 Å². The minimum Gasteiger partial charge on any atom is -0.480 e. The lowest BCUT2D eigenvalue weighted by molar-refractivity contribution is -0.141. The summed E-state index contributed by atoms with van der Waals surface area (Å²) in [5.41, 5.74) is 2.06. The van der Waals surface area contributed by atoms with Crippen LogP contribution in [0.2, 0.25) is 0 Å². The first-order chi connectivity index (χ1) is 14.3. The lowest BCUT2D eigenvalue weighted by atomic mass is 10.1. The lowest BCUT2D eigenvalue weighted by Gasteiger charge is -2.16. The number of hydrogen-bond acceptors (Lipinski definition) is 3. The lowest BCUT2D eigenvalue weighted by Crippen LogP contribution is -2.44. The number of benzene rings is 2. The highest BCUT2D eigenvalue weighted by Crippen LogP contribution is 2.15. The second-order valence-corrected chi connectivity index (χ2v) is 7.86. The van der Waals surface area contributed by atoms with Crippen molar-refractivity contribution in [3.63, 3.8) is 0 Å². The average Bonchev–Trinajstić information content (AvgIpc) is 2.70. The van der Waals surface area contributed by atoms with Gasteiger partial charge >= 0.3 is 5.97 Å². The number of amides is 2. The number of carboxylic acids is 1. The van der Waals surface area contributed by atoms with Gasteiger partial charge < -0.3 is 15.7 Å². The Morgan fingerprint density at radius 3 is 2.43 bits per heavy atom. The van der Waals surface area contributed by atoms with Crippen molar-refractivity contribution < 1.29 is 19.5 Å². The fourth-order valence-electron chi connectivity index (χ4n) is 2.72. The summed E-state index contributed by atoms with van der Waals surface area (Å²) in [5, 5.41) is 14.6. The Balaban J connectivity index is 2.30. The number of carboxylic acid groups (broad SMARTS) is 1. The average molecular weight is 473 g/mol. The Morgan fingerprint density at radius 2 is 1.83 bits per heavy atom. The molecule has 0 saturated heterocycles. The van der Waals surface area contributed by atoms with Crippen molar-refractivity contribution >= 4 is 39.8 Å². The zero-order valence-corrected chi connectivity index (χ0v) is 18.5. The maximum absolute atomic E-state index is 12.9. The smallest absolute Gasteiger partial charge is 0.326 e. The van der Waals surface area contributed by atoms with E-state index in [2.05, 4.69) is 26.6 Å². The van der Waals surface area contributed by atoms with Crippen molar-refractivity contribution in [3.05, 3.63) is 75.4 Å². The van der Waals surface area contributed by atoms with Crippen LogP contribution in [0.5, 0.6) is 0 Å². The molecular formula is C23H25BrN2O4. The molecule has 158 valence electrons. The number of rotatable bonds is 9. The molecular weight excluding hydrogens is 448 g/mol. The third-order valence-corrected chi connectivity index (χ3v) is 4.91. The summed E-state index contributed by atoms with van der Waals surface area (Å²) in [4.78, 5) is 37.0.